The van der Waals surface area contributed by atoms with Crippen molar-refractivity contribution in [2.75, 3.05) is 13.2 Å². The van der Waals surface area contributed by atoms with Gasteiger partial charge in [0.25, 0.3) is 0 Å². The van der Waals surface area contributed by atoms with Crippen molar-refractivity contribution in [2.45, 2.75) is 32.3 Å². The second kappa shape index (κ2) is 5.18. The highest BCUT2D eigenvalue weighted by Gasteiger charge is 2.41. The molecule has 3 nitrogen and oxygen atoms in total. The lowest BCUT2D eigenvalue weighted by Crippen LogP contribution is -2.33. The molecule has 1 aromatic rings. The Morgan fingerprint density at radius 3 is 2.76 bits per heavy atom. The largest absolute Gasteiger partial charge is 0.386 e. The zero-order chi connectivity index (χ0) is 12.3. The molecule has 2 rings (SSSR count). The second-order valence-electron chi connectivity index (χ2n) is 4.44. The molecule has 0 saturated carbocycles. The van der Waals surface area contributed by atoms with Crippen molar-refractivity contribution >= 4 is 11.3 Å². The minimum absolute atomic E-state index is 0.566. The predicted molar refractivity (Wildman–Crippen MR) is 66.8 cm³/mol. The van der Waals surface area contributed by atoms with Gasteiger partial charge in [0, 0.05) is 23.0 Å². The van der Waals surface area contributed by atoms with E-state index in [-0.39, 0.29) is 0 Å². The Labute approximate surface area is 106 Å². The van der Waals surface area contributed by atoms with Crippen molar-refractivity contribution in [3.05, 3.63) is 21.9 Å². The molecule has 1 aliphatic rings. The van der Waals surface area contributed by atoms with Crippen LogP contribution in [0.1, 0.15) is 35.6 Å². The Balaban J connectivity index is 2.22. The zero-order valence-electron chi connectivity index (χ0n) is 9.98. The Morgan fingerprint density at radius 2 is 2.24 bits per heavy atom. The van der Waals surface area contributed by atoms with Crippen molar-refractivity contribution in [3.8, 4) is 6.07 Å². The Morgan fingerprint density at radius 1 is 1.53 bits per heavy atom. The number of thiophene rings is 1. The zero-order valence-corrected chi connectivity index (χ0v) is 10.8. The van der Waals surface area contributed by atoms with Crippen LogP contribution in [-0.2, 0) is 11.2 Å². The van der Waals surface area contributed by atoms with Crippen LogP contribution in [-0.4, -0.2) is 18.3 Å². The molecular formula is C13H17NO2S. The molecule has 1 saturated heterocycles. The minimum Gasteiger partial charge on any atom is -0.386 e. The van der Waals surface area contributed by atoms with Crippen molar-refractivity contribution in [1.82, 2.24) is 0 Å². The molecule has 1 aromatic heterocycles. The Kier molecular flexibility index (Phi) is 3.82. The number of nitriles is 1. The fraction of sp³-hybridized carbons (Fsp3) is 0.615. The second-order valence-corrected chi connectivity index (χ2v) is 5.64. The van der Waals surface area contributed by atoms with Gasteiger partial charge in [-0.3, -0.25) is 0 Å². The molecule has 0 amide bonds. The lowest BCUT2D eigenvalue weighted by atomic mass is 9.76. The van der Waals surface area contributed by atoms with Crippen LogP contribution in [0.3, 0.4) is 0 Å². The van der Waals surface area contributed by atoms with Gasteiger partial charge in [-0.25, -0.2) is 0 Å². The quantitative estimate of drug-likeness (QED) is 0.898. The fourth-order valence-corrected chi connectivity index (χ4v) is 3.24. The normalized spacial score (nSPS) is 20.8. The summed E-state index contributed by atoms with van der Waals surface area (Å²) in [6, 6.07) is 6.30. The highest BCUT2D eigenvalue weighted by Crippen LogP contribution is 2.43. The SMILES string of the molecule is CCc1ccc(C(O)C2(C#N)CCOCC2)s1. The van der Waals surface area contributed by atoms with E-state index in [1.165, 1.54) is 4.88 Å². The van der Waals surface area contributed by atoms with Crippen LogP contribution in [0.2, 0.25) is 0 Å². The molecule has 92 valence electrons. The number of hydrogen-bond donors (Lipinski definition) is 1. The van der Waals surface area contributed by atoms with E-state index in [1.807, 2.05) is 12.1 Å². The highest BCUT2D eigenvalue weighted by molar-refractivity contribution is 7.12. The first-order valence-electron chi connectivity index (χ1n) is 5.97. The predicted octanol–water partition coefficient (Wildman–Crippen LogP) is 2.66. The third kappa shape index (κ3) is 2.37. The number of ether oxygens (including phenoxy) is 1. The molecule has 4 heteroatoms. The van der Waals surface area contributed by atoms with E-state index < -0.39 is 11.5 Å². The summed E-state index contributed by atoms with van der Waals surface area (Å²) in [7, 11) is 0. The molecule has 17 heavy (non-hydrogen) atoms. The van der Waals surface area contributed by atoms with E-state index in [2.05, 4.69) is 13.0 Å². The molecule has 0 bridgehead atoms. The smallest absolute Gasteiger partial charge is 0.107 e. The summed E-state index contributed by atoms with van der Waals surface area (Å²) in [5.74, 6) is 0. The van der Waals surface area contributed by atoms with Crippen LogP contribution < -0.4 is 0 Å². The number of aliphatic hydroxyl groups excluding tert-OH is 1. The summed E-state index contributed by atoms with van der Waals surface area (Å²) >= 11 is 1.61. The number of aliphatic hydroxyl groups is 1. The van der Waals surface area contributed by atoms with Crippen LogP contribution in [0.15, 0.2) is 12.1 Å². The van der Waals surface area contributed by atoms with Crippen LogP contribution in [0.5, 0.6) is 0 Å². The van der Waals surface area contributed by atoms with Gasteiger partial charge in [0.1, 0.15) is 6.10 Å². The Bertz CT molecular complexity index is 415. The fourth-order valence-electron chi connectivity index (χ4n) is 2.19. The van der Waals surface area contributed by atoms with Crippen LogP contribution in [0, 0.1) is 16.7 Å². The lowest BCUT2D eigenvalue weighted by molar-refractivity contribution is -0.0295. The first kappa shape index (κ1) is 12.6. The summed E-state index contributed by atoms with van der Waals surface area (Å²) in [6.45, 7) is 3.23. The van der Waals surface area contributed by atoms with E-state index >= 15 is 0 Å². The molecule has 1 fully saturated rings. The number of hydrogen-bond acceptors (Lipinski definition) is 4. The van der Waals surface area contributed by atoms with Gasteiger partial charge < -0.3 is 9.84 Å². The standard InChI is InChI=1S/C13H17NO2S/c1-2-10-3-4-11(17-10)12(15)13(9-14)5-7-16-8-6-13/h3-4,12,15H,2,5-8H2,1H3. The summed E-state index contributed by atoms with van der Waals surface area (Å²) in [4.78, 5) is 2.16. The monoisotopic (exact) mass is 251 g/mol. The summed E-state index contributed by atoms with van der Waals surface area (Å²) in [5.41, 5.74) is -0.659. The highest BCUT2D eigenvalue weighted by atomic mass is 32.1. The summed E-state index contributed by atoms with van der Waals surface area (Å²) < 4.78 is 5.28. The molecule has 0 radical (unpaired) electrons. The van der Waals surface area contributed by atoms with Gasteiger partial charge in [-0.2, -0.15) is 5.26 Å². The van der Waals surface area contributed by atoms with E-state index in [1.54, 1.807) is 11.3 Å². The molecule has 1 atom stereocenters. The summed E-state index contributed by atoms with van der Waals surface area (Å²) in [5, 5.41) is 19.8. The van der Waals surface area contributed by atoms with Crippen LogP contribution in [0.25, 0.3) is 0 Å². The topological polar surface area (TPSA) is 53.2 Å². The molecule has 0 spiro atoms. The summed E-state index contributed by atoms with van der Waals surface area (Å²) in [6.07, 6.45) is 1.52. The molecule has 1 aliphatic heterocycles. The molecule has 0 aliphatic carbocycles. The minimum atomic E-state index is -0.679. The van der Waals surface area contributed by atoms with Crippen molar-refractivity contribution in [3.63, 3.8) is 0 Å². The van der Waals surface area contributed by atoms with Gasteiger partial charge in [-0.1, -0.05) is 6.92 Å². The van der Waals surface area contributed by atoms with E-state index in [4.69, 9.17) is 4.74 Å². The average Bonchev–Trinajstić information content (AvgIpc) is 2.87. The third-order valence-corrected chi connectivity index (χ3v) is 4.71. The molecule has 0 aromatic carbocycles. The first-order valence-corrected chi connectivity index (χ1v) is 6.79. The Hall–Kier alpha value is -0.890. The van der Waals surface area contributed by atoms with Gasteiger partial charge in [0.15, 0.2) is 0 Å². The van der Waals surface area contributed by atoms with Crippen molar-refractivity contribution in [1.29, 1.82) is 5.26 Å². The van der Waals surface area contributed by atoms with Gasteiger partial charge in [0.2, 0.25) is 0 Å². The molecular weight excluding hydrogens is 234 g/mol. The van der Waals surface area contributed by atoms with Crippen LogP contribution in [0.4, 0.5) is 0 Å². The van der Waals surface area contributed by atoms with Gasteiger partial charge >= 0.3 is 0 Å². The van der Waals surface area contributed by atoms with Gasteiger partial charge in [-0.05, 0) is 31.4 Å². The third-order valence-electron chi connectivity index (χ3n) is 3.43. The molecule has 1 N–H and O–H groups in total. The average molecular weight is 251 g/mol. The number of aryl methyl sites for hydroxylation is 1. The molecule has 2 heterocycles. The van der Waals surface area contributed by atoms with E-state index in [0.29, 0.717) is 26.1 Å². The van der Waals surface area contributed by atoms with Crippen molar-refractivity contribution < 1.29 is 9.84 Å². The van der Waals surface area contributed by atoms with Crippen molar-refractivity contribution in [2.24, 2.45) is 5.41 Å². The number of rotatable bonds is 3. The van der Waals surface area contributed by atoms with Crippen LogP contribution >= 0.6 is 11.3 Å². The lowest BCUT2D eigenvalue weighted by Gasteiger charge is -2.34. The maximum Gasteiger partial charge on any atom is 0.107 e. The van der Waals surface area contributed by atoms with E-state index in [0.717, 1.165) is 11.3 Å². The van der Waals surface area contributed by atoms with Gasteiger partial charge in [0.05, 0.1) is 11.5 Å². The van der Waals surface area contributed by atoms with E-state index in [9.17, 15) is 10.4 Å². The first-order chi connectivity index (χ1) is 8.22. The maximum absolute atomic E-state index is 10.4. The molecule has 1 unspecified atom stereocenters. The maximum atomic E-state index is 10.4. The number of nitrogens with zero attached hydrogens (tertiary/aromatic N) is 1. The van der Waals surface area contributed by atoms with Gasteiger partial charge in [-0.15, -0.1) is 11.3 Å².